The van der Waals surface area contributed by atoms with Gasteiger partial charge in [-0.15, -0.1) is 0 Å². The molecule has 2 nitrogen and oxygen atoms in total. The third-order valence-electron chi connectivity index (χ3n) is 5.03. The van der Waals surface area contributed by atoms with Gasteiger partial charge in [-0.25, -0.2) is 8.78 Å². The van der Waals surface area contributed by atoms with E-state index in [9.17, 15) is 8.78 Å². The molecular weight excluding hydrogens is 260 g/mol. The maximum Gasteiger partial charge on any atom is 0.129 e. The standard InChI is InChI=1S/C16H21F2NO/c1-19-14-10-15(16(14)5-3-2-4-6-16)20-13-8-11(17)7-12(18)9-13/h7-9,14-15,19H,2-6,10H2,1H3. The molecule has 0 amide bonds. The van der Waals surface area contributed by atoms with Gasteiger partial charge in [0.1, 0.15) is 23.5 Å². The van der Waals surface area contributed by atoms with Gasteiger partial charge in [0.15, 0.2) is 0 Å². The molecule has 2 saturated carbocycles. The largest absolute Gasteiger partial charge is 0.490 e. The highest BCUT2D eigenvalue weighted by Gasteiger charge is 2.55. The highest BCUT2D eigenvalue weighted by Crippen LogP contribution is 2.53. The van der Waals surface area contributed by atoms with E-state index in [0.717, 1.165) is 25.3 Å². The van der Waals surface area contributed by atoms with Crippen molar-refractivity contribution in [1.82, 2.24) is 5.32 Å². The smallest absolute Gasteiger partial charge is 0.129 e. The number of nitrogens with one attached hydrogen (secondary N) is 1. The van der Waals surface area contributed by atoms with Crippen molar-refractivity contribution in [1.29, 1.82) is 0 Å². The van der Waals surface area contributed by atoms with E-state index in [-0.39, 0.29) is 11.5 Å². The van der Waals surface area contributed by atoms with E-state index < -0.39 is 11.6 Å². The second-order valence-electron chi connectivity index (χ2n) is 6.08. The van der Waals surface area contributed by atoms with Gasteiger partial charge in [0.2, 0.25) is 0 Å². The molecule has 0 bridgehead atoms. The van der Waals surface area contributed by atoms with Crippen LogP contribution in [0.15, 0.2) is 18.2 Å². The molecule has 3 rings (SSSR count). The van der Waals surface area contributed by atoms with E-state index in [1.807, 2.05) is 7.05 Å². The first-order chi connectivity index (χ1) is 9.64. The number of rotatable bonds is 3. The van der Waals surface area contributed by atoms with Crippen LogP contribution in [0.25, 0.3) is 0 Å². The Balaban J connectivity index is 1.76. The van der Waals surface area contributed by atoms with Crippen LogP contribution in [0.2, 0.25) is 0 Å². The van der Waals surface area contributed by atoms with Gasteiger partial charge < -0.3 is 10.1 Å². The topological polar surface area (TPSA) is 21.3 Å². The molecule has 110 valence electrons. The van der Waals surface area contributed by atoms with Crippen LogP contribution in [-0.4, -0.2) is 19.2 Å². The average Bonchev–Trinajstić information content (AvgIpc) is 2.43. The Morgan fingerprint density at radius 2 is 1.75 bits per heavy atom. The van der Waals surface area contributed by atoms with Crippen LogP contribution < -0.4 is 10.1 Å². The van der Waals surface area contributed by atoms with Crippen LogP contribution in [0.3, 0.4) is 0 Å². The number of benzene rings is 1. The molecule has 2 unspecified atom stereocenters. The van der Waals surface area contributed by atoms with Gasteiger partial charge in [-0.3, -0.25) is 0 Å². The predicted octanol–water partition coefficient (Wildman–Crippen LogP) is 3.65. The van der Waals surface area contributed by atoms with E-state index in [2.05, 4.69) is 5.32 Å². The summed E-state index contributed by atoms with van der Waals surface area (Å²) in [6.45, 7) is 0. The van der Waals surface area contributed by atoms with Crippen LogP contribution in [0.4, 0.5) is 8.78 Å². The van der Waals surface area contributed by atoms with Gasteiger partial charge in [-0.1, -0.05) is 19.3 Å². The second kappa shape index (κ2) is 5.32. The van der Waals surface area contributed by atoms with Gasteiger partial charge in [0.05, 0.1) is 0 Å². The summed E-state index contributed by atoms with van der Waals surface area (Å²) in [6, 6.07) is 3.88. The van der Waals surface area contributed by atoms with E-state index in [1.54, 1.807) is 0 Å². The van der Waals surface area contributed by atoms with Crippen molar-refractivity contribution in [3.63, 3.8) is 0 Å². The molecule has 1 spiro atoms. The molecule has 2 aliphatic rings. The third-order valence-corrected chi connectivity index (χ3v) is 5.03. The van der Waals surface area contributed by atoms with Crippen molar-refractivity contribution < 1.29 is 13.5 Å². The summed E-state index contributed by atoms with van der Waals surface area (Å²) < 4.78 is 32.4. The SMILES string of the molecule is CNC1CC(Oc2cc(F)cc(F)c2)C12CCCCC2. The Hall–Kier alpha value is -1.16. The molecule has 2 atom stereocenters. The Bertz CT molecular complexity index is 465. The molecule has 2 fully saturated rings. The molecular formula is C16H21F2NO. The minimum Gasteiger partial charge on any atom is -0.490 e. The van der Waals surface area contributed by atoms with E-state index in [4.69, 9.17) is 4.74 Å². The fraction of sp³-hybridized carbons (Fsp3) is 0.625. The van der Waals surface area contributed by atoms with Crippen molar-refractivity contribution in [3.05, 3.63) is 29.8 Å². The molecule has 0 aliphatic heterocycles. The first-order valence-electron chi connectivity index (χ1n) is 7.44. The molecule has 20 heavy (non-hydrogen) atoms. The molecule has 4 heteroatoms. The van der Waals surface area contributed by atoms with Crippen LogP contribution in [0, 0.1) is 17.0 Å². The van der Waals surface area contributed by atoms with Crippen LogP contribution in [0.5, 0.6) is 5.75 Å². The molecule has 0 saturated heterocycles. The average molecular weight is 281 g/mol. The van der Waals surface area contributed by atoms with E-state index in [0.29, 0.717) is 11.8 Å². The fourth-order valence-corrected chi connectivity index (χ4v) is 3.96. The first-order valence-corrected chi connectivity index (χ1v) is 7.44. The molecule has 0 radical (unpaired) electrons. The summed E-state index contributed by atoms with van der Waals surface area (Å²) in [5.41, 5.74) is 0.149. The van der Waals surface area contributed by atoms with E-state index in [1.165, 1.54) is 31.4 Å². The number of hydrogen-bond donors (Lipinski definition) is 1. The lowest BCUT2D eigenvalue weighted by atomic mass is 9.55. The Kier molecular flexibility index (Phi) is 3.67. The highest BCUT2D eigenvalue weighted by molar-refractivity contribution is 5.25. The predicted molar refractivity (Wildman–Crippen MR) is 73.8 cm³/mol. The monoisotopic (exact) mass is 281 g/mol. The van der Waals surface area contributed by atoms with Gasteiger partial charge in [-0.2, -0.15) is 0 Å². The minimum absolute atomic E-state index is 0.0708. The van der Waals surface area contributed by atoms with Gasteiger partial charge >= 0.3 is 0 Å². The zero-order valence-corrected chi connectivity index (χ0v) is 11.8. The number of ether oxygens (including phenoxy) is 1. The zero-order valence-electron chi connectivity index (χ0n) is 11.8. The summed E-state index contributed by atoms with van der Waals surface area (Å²) in [5.74, 6) is -0.851. The summed E-state index contributed by atoms with van der Waals surface area (Å²) in [4.78, 5) is 0. The zero-order chi connectivity index (χ0) is 14.2. The summed E-state index contributed by atoms with van der Waals surface area (Å²) in [6.07, 6.45) is 6.97. The van der Waals surface area contributed by atoms with Crippen molar-refractivity contribution in [3.8, 4) is 5.75 Å². The molecule has 1 aromatic carbocycles. The maximum absolute atomic E-state index is 13.2. The lowest BCUT2D eigenvalue weighted by Crippen LogP contribution is -2.64. The van der Waals surface area contributed by atoms with Gasteiger partial charge in [-0.05, 0) is 19.9 Å². The van der Waals surface area contributed by atoms with E-state index >= 15 is 0 Å². The lowest BCUT2D eigenvalue weighted by molar-refractivity contribution is -0.101. The van der Waals surface area contributed by atoms with Crippen LogP contribution >= 0.6 is 0 Å². The van der Waals surface area contributed by atoms with Crippen molar-refractivity contribution in [2.75, 3.05) is 7.05 Å². The third kappa shape index (κ3) is 2.30. The van der Waals surface area contributed by atoms with Crippen molar-refractivity contribution in [2.24, 2.45) is 5.41 Å². The van der Waals surface area contributed by atoms with Crippen molar-refractivity contribution >= 4 is 0 Å². The summed E-state index contributed by atoms with van der Waals surface area (Å²) in [7, 11) is 1.99. The minimum atomic E-state index is -0.581. The first kappa shape index (κ1) is 13.8. The molecule has 2 aliphatic carbocycles. The maximum atomic E-state index is 13.2. The fourth-order valence-electron chi connectivity index (χ4n) is 3.96. The summed E-state index contributed by atoms with van der Waals surface area (Å²) in [5, 5.41) is 3.37. The molecule has 1 N–H and O–H groups in total. The number of halogens is 2. The number of hydrogen-bond acceptors (Lipinski definition) is 2. The molecule has 0 aromatic heterocycles. The van der Waals surface area contributed by atoms with Crippen molar-refractivity contribution in [2.45, 2.75) is 50.7 Å². The van der Waals surface area contributed by atoms with Gasteiger partial charge in [0, 0.05) is 36.1 Å². The van der Waals surface area contributed by atoms with Crippen LogP contribution in [0.1, 0.15) is 38.5 Å². The molecule has 0 heterocycles. The van der Waals surface area contributed by atoms with Gasteiger partial charge in [0.25, 0.3) is 0 Å². The van der Waals surface area contributed by atoms with Crippen LogP contribution in [-0.2, 0) is 0 Å². The quantitative estimate of drug-likeness (QED) is 0.913. The Morgan fingerprint density at radius 1 is 1.10 bits per heavy atom. The Morgan fingerprint density at radius 3 is 2.35 bits per heavy atom. The lowest BCUT2D eigenvalue weighted by Gasteiger charge is -2.57. The Labute approximate surface area is 118 Å². The highest BCUT2D eigenvalue weighted by atomic mass is 19.1. The molecule has 1 aromatic rings. The summed E-state index contributed by atoms with van der Waals surface area (Å²) >= 11 is 0. The second-order valence-corrected chi connectivity index (χ2v) is 6.08. The normalized spacial score (nSPS) is 28.1.